The van der Waals surface area contributed by atoms with Crippen molar-refractivity contribution in [3.63, 3.8) is 0 Å². The van der Waals surface area contributed by atoms with Gasteiger partial charge >= 0.3 is 17.9 Å². The number of ether oxygens (including phenoxy) is 4. The van der Waals surface area contributed by atoms with Crippen LogP contribution in [-0.4, -0.2) is 42.8 Å². The fourth-order valence-electron chi connectivity index (χ4n) is 3.71. The number of carbonyl (C=O) groups is 3. The summed E-state index contributed by atoms with van der Waals surface area (Å²) in [5.74, 6) is -0.312. The number of allylic oxidation sites excluding steroid dienone is 4. The monoisotopic (exact) mass is 464 g/mol. The van der Waals surface area contributed by atoms with Crippen molar-refractivity contribution >= 4 is 17.9 Å². The molecule has 2 unspecified atom stereocenters. The van der Waals surface area contributed by atoms with Gasteiger partial charge in [-0.1, -0.05) is 18.6 Å². The van der Waals surface area contributed by atoms with Crippen LogP contribution in [0.3, 0.4) is 0 Å². The summed E-state index contributed by atoms with van der Waals surface area (Å²) in [7, 11) is 0. The predicted molar refractivity (Wildman–Crippen MR) is 126 cm³/mol. The minimum atomic E-state index is -0.645. The molecular formula is C26H40O7. The van der Waals surface area contributed by atoms with Crippen molar-refractivity contribution < 1.29 is 33.3 Å². The van der Waals surface area contributed by atoms with Crippen LogP contribution in [0.15, 0.2) is 35.1 Å². The second-order valence-electron chi connectivity index (χ2n) is 9.10. The first-order valence-electron chi connectivity index (χ1n) is 11.6. The molecule has 0 bridgehead atoms. The maximum atomic E-state index is 11.7. The second-order valence-corrected chi connectivity index (χ2v) is 9.10. The molecule has 1 saturated heterocycles. The highest BCUT2D eigenvalue weighted by Crippen LogP contribution is 2.34. The smallest absolute Gasteiger partial charge is 0.307 e. The standard InChI is InChI=1S/C26H40O7/c1-18(2)10-12-24(32-21(5)28)19(3)9-8-15-26(7)25(33-22(6)29)13-11-23(17-31-26)14-16-30-20(4)27/h10,12,14,19,25H,8-9,11,13,15-17H2,1-7H3/t19?,25-,26?/m1/s1. The van der Waals surface area contributed by atoms with Gasteiger partial charge in [0.2, 0.25) is 0 Å². The van der Waals surface area contributed by atoms with E-state index in [0.29, 0.717) is 31.6 Å². The summed E-state index contributed by atoms with van der Waals surface area (Å²) in [6, 6.07) is 0. The Labute approximate surface area is 198 Å². The highest BCUT2D eigenvalue weighted by molar-refractivity contribution is 5.67. The summed E-state index contributed by atoms with van der Waals surface area (Å²) < 4.78 is 22.3. The van der Waals surface area contributed by atoms with Gasteiger partial charge in [0.1, 0.15) is 24.1 Å². The van der Waals surface area contributed by atoms with Gasteiger partial charge in [-0.2, -0.15) is 0 Å². The van der Waals surface area contributed by atoms with Crippen LogP contribution >= 0.6 is 0 Å². The van der Waals surface area contributed by atoms with Gasteiger partial charge in [-0.25, -0.2) is 0 Å². The maximum absolute atomic E-state index is 11.7. The summed E-state index contributed by atoms with van der Waals surface area (Å²) in [5, 5.41) is 0. The van der Waals surface area contributed by atoms with E-state index in [0.717, 1.165) is 24.0 Å². The molecular weight excluding hydrogens is 424 g/mol. The lowest BCUT2D eigenvalue weighted by molar-refractivity contribution is -0.167. The van der Waals surface area contributed by atoms with Crippen LogP contribution in [0.5, 0.6) is 0 Å². The molecule has 7 nitrogen and oxygen atoms in total. The zero-order valence-electron chi connectivity index (χ0n) is 21.2. The lowest BCUT2D eigenvalue weighted by atomic mass is 9.88. The van der Waals surface area contributed by atoms with Crippen LogP contribution in [0.25, 0.3) is 0 Å². The van der Waals surface area contributed by atoms with Gasteiger partial charge in [0.15, 0.2) is 0 Å². The van der Waals surface area contributed by atoms with Crippen molar-refractivity contribution in [2.45, 2.75) is 92.3 Å². The third-order valence-corrected chi connectivity index (χ3v) is 5.60. The third-order valence-electron chi connectivity index (χ3n) is 5.60. The molecule has 0 aromatic rings. The van der Waals surface area contributed by atoms with Gasteiger partial charge in [0.25, 0.3) is 0 Å². The minimum Gasteiger partial charge on any atom is -0.462 e. The molecule has 1 aliphatic heterocycles. The summed E-state index contributed by atoms with van der Waals surface area (Å²) in [5.41, 5.74) is 1.49. The van der Waals surface area contributed by atoms with Crippen LogP contribution in [-0.2, 0) is 33.3 Å². The lowest BCUT2D eigenvalue weighted by Gasteiger charge is -2.35. The Hall–Kier alpha value is -2.41. The molecule has 3 atom stereocenters. The summed E-state index contributed by atoms with van der Waals surface area (Å²) in [6.45, 7) is 12.8. The Balaban J connectivity index is 2.86. The Bertz CT molecular complexity index is 774. The lowest BCUT2D eigenvalue weighted by Crippen LogP contribution is -2.43. The molecule has 7 heteroatoms. The Morgan fingerprint density at radius 1 is 1.09 bits per heavy atom. The van der Waals surface area contributed by atoms with Crippen molar-refractivity contribution in [2.75, 3.05) is 13.2 Å². The molecule has 1 heterocycles. The highest BCUT2D eigenvalue weighted by atomic mass is 16.6. The van der Waals surface area contributed by atoms with E-state index in [1.807, 2.05) is 45.9 Å². The third kappa shape index (κ3) is 11.3. The van der Waals surface area contributed by atoms with E-state index in [9.17, 15) is 14.4 Å². The van der Waals surface area contributed by atoms with Crippen molar-refractivity contribution in [1.29, 1.82) is 0 Å². The number of rotatable bonds is 10. The maximum Gasteiger partial charge on any atom is 0.307 e. The molecule has 0 aromatic heterocycles. The molecule has 33 heavy (non-hydrogen) atoms. The molecule has 1 rings (SSSR count). The Morgan fingerprint density at radius 2 is 1.79 bits per heavy atom. The molecule has 0 aliphatic carbocycles. The number of hydrogen-bond acceptors (Lipinski definition) is 7. The molecule has 186 valence electrons. The number of esters is 3. The summed E-state index contributed by atoms with van der Waals surface area (Å²) >= 11 is 0. The largest absolute Gasteiger partial charge is 0.462 e. The van der Waals surface area contributed by atoms with E-state index in [1.54, 1.807) is 0 Å². The minimum absolute atomic E-state index is 0.0465. The molecule has 0 saturated carbocycles. The van der Waals surface area contributed by atoms with Gasteiger partial charge in [0.05, 0.1) is 6.61 Å². The van der Waals surface area contributed by atoms with Crippen molar-refractivity contribution in [3.8, 4) is 0 Å². The van der Waals surface area contributed by atoms with E-state index < -0.39 is 5.60 Å². The summed E-state index contributed by atoms with van der Waals surface area (Å²) in [6.07, 6.45) is 8.88. The SMILES string of the molecule is CC(=O)OCC=C1CC[C@@H](OC(C)=O)C(C)(CCCC(C)C(=CC=C(C)C)OC(C)=O)OC1. The quantitative estimate of drug-likeness (QED) is 0.144. The Kier molecular flexibility index (Phi) is 12.1. The number of carbonyl (C=O) groups excluding carboxylic acids is 3. The van der Waals surface area contributed by atoms with Crippen LogP contribution in [0.2, 0.25) is 0 Å². The number of hydrogen-bond donors (Lipinski definition) is 0. The van der Waals surface area contributed by atoms with E-state index in [1.165, 1.54) is 20.8 Å². The topological polar surface area (TPSA) is 88.1 Å². The molecule has 0 spiro atoms. The summed E-state index contributed by atoms with van der Waals surface area (Å²) in [4.78, 5) is 34.3. The predicted octanol–water partition coefficient (Wildman–Crippen LogP) is 5.20. The zero-order valence-corrected chi connectivity index (χ0v) is 21.2. The molecule has 0 N–H and O–H groups in total. The molecule has 1 fully saturated rings. The van der Waals surface area contributed by atoms with Gasteiger partial charge < -0.3 is 18.9 Å². The van der Waals surface area contributed by atoms with Crippen molar-refractivity contribution in [2.24, 2.45) is 5.92 Å². The molecule has 1 aliphatic rings. The van der Waals surface area contributed by atoms with E-state index in [4.69, 9.17) is 18.9 Å². The highest BCUT2D eigenvalue weighted by Gasteiger charge is 2.39. The van der Waals surface area contributed by atoms with Crippen LogP contribution in [0, 0.1) is 5.92 Å². The van der Waals surface area contributed by atoms with Crippen LogP contribution in [0.4, 0.5) is 0 Å². The van der Waals surface area contributed by atoms with Gasteiger partial charge in [-0.3, -0.25) is 14.4 Å². The van der Waals surface area contributed by atoms with Gasteiger partial charge in [-0.15, -0.1) is 0 Å². The first-order valence-corrected chi connectivity index (χ1v) is 11.6. The van der Waals surface area contributed by atoms with E-state index in [2.05, 4.69) is 0 Å². The fourth-order valence-corrected chi connectivity index (χ4v) is 3.71. The first kappa shape index (κ1) is 28.6. The average Bonchev–Trinajstić information content (AvgIpc) is 2.84. The average molecular weight is 465 g/mol. The molecule has 0 aromatic carbocycles. The van der Waals surface area contributed by atoms with Gasteiger partial charge in [0, 0.05) is 26.7 Å². The molecule has 0 radical (unpaired) electrons. The molecule has 0 amide bonds. The van der Waals surface area contributed by atoms with Crippen molar-refractivity contribution in [1.82, 2.24) is 0 Å². The van der Waals surface area contributed by atoms with Crippen molar-refractivity contribution in [3.05, 3.63) is 35.1 Å². The Morgan fingerprint density at radius 3 is 2.36 bits per heavy atom. The van der Waals surface area contributed by atoms with Gasteiger partial charge in [-0.05, 0) is 70.6 Å². The first-order chi connectivity index (χ1) is 15.4. The second kappa shape index (κ2) is 14.0. The van der Waals surface area contributed by atoms with Crippen LogP contribution < -0.4 is 0 Å². The van der Waals surface area contributed by atoms with E-state index >= 15 is 0 Å². The fraction of sp³-hybridized carbons (Fsp3) is 0.654. The normalized spacial score (nSPS) is 23.3. The van der Waals surface area contributed by atoms with Crippen LogP contribution in [0.1, 0.15) is 80.6 Å². The zero-order chi connectivity index (χ0) is 25.0. The van der Waals surface area contributed by atoms with E-state index in [-0.39, 0.29) is 36.5 Å².